The molecule has 0 saturated carbocycles. The van der Waals surface area contributed by atoms with Crippen molar-refractivity contribution < 1.29 is 23.9 Å². The number of cyclic esters (lactones) is 1. The maximum Gasteiger partial charge on any atom is 0.417 e. The molecule has 0 N–H and O–H groups in total. The van der Waals surface area contributed by atoms with E-state index in [2.05, 4.69) is 0 Å². The summed E-state index contributed by atoms with van der Waals surface area (Å²) in [7, 11) is 0. The van der Waals surface area contributed by atoms with Crippen LogP contribution in [0.1, 0.15) is 58.6 Å². The summed E-state index contributed by atoms with van der Waals surface area (Å²) in [5.41, 5.74) is 0.218. The van der Waals surface area contributed by atoms with Gasteiger partial charge in [0.15, 0.2) is 0 Å². The van der Waals surface area contributed by atoms with Crippen LogP contribution in [0.4, 0.5) is 4.79 Å². The van der Waals surface area contributed by atoms with Gasteiger partial charge in [-0.2, -0.15) is 0 Å². The minimum Gasteiger partial charge on any atom is -0.460 e. The Bertz CT molecular complexity index is 650. The molecule has 1 saturated heterocycles. The molecule has 1 aliphatic heterocycles. The Balaban J connectivity index is 2.18. The summed E-state index contributed by atoms with van der Waals surface area (Å²) >= 11 is 0. The van der Waals surface area contributed by atoms with Crippen LogP contribution in [0.3, 0.4) is 0 Å². The van der Waals surface area contributed by atoms with Gasteiger partial charge < -0.3 is 9.47 Å². The molecule has 2 unspecified atom stereocenters. The standard InChI is InChI=1S/C20H27NO5/c1-5-9-15(12-17(22)26-20(2,3)4)18(23)21-16(13-25-19(21)24)14-10-7-6-8-11-14/h6-8,10-11,15-16H,5,9,12-13H2,1-4H3. The van der Waals surface area contributed by atoms with E-state index < -0.39 is 29.6 Å². The molecule has 2 atom stereocenters. The summed E-state index contributed by atoms with van der Waals surface area (Å²) in [6, 6.07) is 8.82. The van der Waals surface area contributed by atoms with E-state index >= 15 is 0 Å². The maximum absolute atomic E-state index is 13.0. The predicted octanol–water partition coefficient (Wildman–Crippen LogP) is 3.85. The number of nitrogens with zero attached hydrogens (tertiary/aromatic N) is 1. The molecule has 6 nitrogen and oxygen atoms in total. The van der Waals surface area contributed by atoms with Crippen LogP contribution in [0.15, 0.2) is 30.3 Å². The van der Waals surface area contributed by atoms with E-state index in [1.54, 1.807) is 20.8 Å². The molecule has 0 spiro atoms. The average Bonchev–Trinajstić information content (AvgIpc) is 2.94. The Morgan fingerprint density at radius 3 is 2.50 bits per heavy atom. The molecule has 2 amide bonds. The summed E-state index contributed by atoms with van der Waals surface area (Å²) in [6.07, 6.45) is 0.519. The monoisotopic (exact) mass is 361 g/mol. The molecule has 0 aliphatic carbocycles. The van der Waals surface area contributed by atoms with Crippen molar-refractivity contribution in [3.05, 3.63) is 35.9 Å². The highest BCUT2D eigenvalue weighted by Gasteiger charge is 2.42. The molecule has 1 heterocycles. The highest BCUT2D eigenvalue weighted by Crippen LogP contribution is 2.31. The van der Waals surface area contributed by atoms with Gasteiger partial charge in [0.05, 0.1) is 6.42 Å². The van der Waals surface area contributed by atoms with Gasteiger partial charge in [0.25, 0.3) is 0 Å². The Morgan fingerprint density at radius 2 is 1.92 bits per heavy atom. The molecule has 0 radical (unpaired) electrons. The normalized spacial score (nSPS) is 18.4. The van der Waals surface area contributed by atoms with Gasteiger partial charge in [-0.25, -0.2) is 9.69 Å². The lowest BCUT2D eigenvalue weighted by molar-refractivity contribution is -0.158. The zero-order valence-corrected chi connectivity index (χ0v) is 15.9. The summed E-state index contributed by atoms with van der Waals surface area (Å²) in [6.45, 7) is 7.41. The highest BCUT2D eigenvalue weighted by atomic mass is 16.6. The van der Waals surface area contributed by atoms with Crippen molar-refractivity contribution in [3.63, 3.8) is 0 Å². The molecule has 0 aromatic heterocycles. The minimum absolute atomic E-state index is 0.0464. The van der Waals surface area contributed by atoms with Gasteiger partial charge in [-0.05, 0) is 32.8 Å². The molecule has 1 aromatic carbocycles. The van der Waals surface area contributed by atoms with Crippen LogP contribution in [-0.2, 0) is 19.1 Å². The number of hydrogen-bond donors (Lipinski definition) is 0. The van der Waals surface area contributed by atoms with Crippen molar-refractivity contribution in [2.24, 2.45) is 5.92 Å². The minimum atomic E-state index is -0.658. The van der Waals surface area contributed by atoms with E-state index in [1.165, 1.54) is 0 Å². The lowest BCUT2D eigenvalue weighted by Crippen LogP contribution is -2.40. The number of carbonyl (C=O) groups is 3. The Hall–Kier alpha value is -2.37. The molecule has 0 bridgehead atoms. The average molecular weight is 361 g/mol. The molecule has 1 aromatic rings. The predicted molar refractivity (Wildman–Crippen MR) is 96.2 cm³/mol. The lowest BCUT2D eigenvalue weighted by atomic mass is 9.96. The molecule has 142 valence electrons. The largest absolute Gasteiger partial charge is 0.460 e. The van der Waals surface area contributed by atoms with E-state index in [0.717, 1.165) is 16.9 Å². The topological polar surface area (TPSA) is 72.9 Å². The molecular weight excluding hydrogens is 334 g/mol. The van der Waals surface area contributed by atoms with E-state index in [1.807, 2.05) is 37.3 Å². The van der Waals surface area contributed by atoms with Crippen LogP contribution < -0.4 is 0 Å². The second-order valence-electron chi connectivity index (χ2n) is 7.49. The van der Waals surface area contributed by atoms with Crippen LogP contribution in [0.2, 0.25) is 0 Å². The van der Waals surface area contributed by atoms with Crippen molar-refractivity contribution in [2.75, 3.05) is 6.61 Å². The van der Waals surface area contributed by atoms with Crippen molar-refractivity contribution in [1.82, 2.24) is 4.90 Å². The molecular formula is C20H27NO5. The van der Waals surface area contributed by atoms with Crippen molar-refractivity contribution in [1.29, 1.82) is 0 Å². The van der Waals surface area contributed by atoms with Gasteiger partial charge in [-0.15, -0.1) is 0 Å². The van der Waals surface area contributed by atoms with Crippen molar-refractivity contribution in [2.45, 2.75) is 58.6 Å². The second-order valence-corrected chi connectivity index (χ2v) is 7.49. The SMILES string of the molecule is CCCC(CC(=O)OC(C)(C)C)C(=O)N1C(=O)OCC1c1ccccc1. The maximum atomic E-state index is 13.0. The third-order valence-electron chi connectivity index (χ3n) is 4.11. The van der Waals surface area contributed by atoms with Gasteiger partial charge in [0.1, 0.15) is 18.2 Å². The van der Waals surface area contributed by atoms with Crippen LogP contribution in [0.5, 0.6) is 0 Å². The zero-order valence-electron chi connectivity index (χ0n) is 15.9. The van der Waals surface area contributed by atoms with Gasteiger partial charge in [-0.1, -0.05) is 43.7 Å². The number of ether oxygens (including phenoxy) is 2. The Morgan fingerprint density at radius 1 is 1.27 bits per heavy atom. The Labute approximate surface area is 154 Å². The van der Waals surface area contributed by atoms with Crippen molar-refractivity contribution >= 4 is 18.0 Å². The first-order valence-corrected chi connectivity index (χ1v) is 8.99. The number of carbonyl (C=O) groups excluding carboxylic acids is 3. The van der Waals surface area contributed by atoms with E-state index in [9.17, 15) is 14.4 Å². The van der Waals surface area contributed by atoms with Crippen LogP contribution in [0, 0.1) is 5.92 Å². The van der Waals surface area contributed by atoms with Crippen molar-refractivity contribution in [3.8, 4) is 0 Å². The third kappa shape index (κ3) is 5.07. The first kappa shape index (κ1) is 19.9. The van der Waals surface area contributed by atoms with Gasteiger partial charge >= 0.3 is 12.1 Å². The second kappa shape index (κ2) is 8.34. The van der Waals surface area contributed by atoms with Gasteiger partial charge in [0, 0.05) is 5.92 Å². The number of hydrogen-bond acceptors (Lipinski definition) is 5. The van der Waals surface area contributed by atoms with E-state index in [4.69, 9.17) is 9.47 Å². The number of imide groups is 1. The molecule has 2 rings (SSSR count). The summed E-state index contributed by atoms with van der Waals surface area (Å²) in [4.78, 5) is 38.6. The summed E-state index contributed by atoms with van der Waals surface area (Å²) in [5, 5.41) is 0. The number of amides is 2. The van der Waals surface area contributed by atoms with E-state index in [0.29, 0.717) is 6.42 Å². The number of rotatable bonds is 6. The smallest absolute Gasteiger partial charge is 0.417 e. The third-order valence-corrected chi connectivity index (χ3v) is 4.11. The first-order chi connectivity index (χ1) is 12.2. The van der Waals surface area contributed by atoms with Crippen LogP contribution in [-0.4, -0.2) is 35.1 Å². The van der Waals surface area contributed by atoms with Gasteiger partial charge in [0.2, 0.25) is 5.91 Å². The number of esters is 1. The fraction of sp³-hybridized carbons (Fsp3) is 0.550. The van der Waals surface area contributed by atoms with E-state index in [-0.39, 0.29) is 18.9 Å². The zero-order chi connectivity index (χ0) is 19.3. The lowest BCUT2D eigenvalue weighted by Gasteiger charge is -2.26. The molecule has 1 aliphatic rings. The number of benzene rings is 1. The fourth-order valence-electron chi connectivity index (χ4n) is 3.03. The fourth-order valence-corrected chi connectivity index (χ4v) is 3.03. The quantitative estimate of drug-likeness (QED) is 0.720. The molecule has 6 heteroatoms. The first-order valence-electron chi connectivity index (χ1n) is 8.99. The Kier molecular flexibility index (Phi) is 6.40. The highest BCUT2D eigenvalue weighted by molar-refractivity contribution is 5.96. The molecule has 26 heavy (non-hydrogen) atoms. The molecule has 1 fully saturated rings. The summed E-state index contributed by atoms with van der Waals surface area (Å²) in [5.74, 6) is -1.42. The van der Waals surface area contributed by atoms with Gasteiger partial charge in [-0.3, -0.25) is 9.59 Å². The van der Waals surface area contributed by atoms with Crippen LogP contribution in [0.25, 0.3) is 0 Å². The van der Waals surface area contributed by atoms with Crippen LogP contribution >= 0.6 is 0 Å². The summed E-state index contributed by atoms with van der Waals surface area (Å²) < 4.78 is 10.5.